The molecule has 0 unspecified atom stereocenters. The largest absolute Gasteiger partial charge is 0.289 e. The Morgan fingerprint density at radius 1 is 0.449 bits per heavy atom. The third kappa shape index (κ3) is 5.71. The van der Waals surface area contributed by atoms with Gasteiger partial charge in [0.1, 0.15) is 0 Å². The molecule has 0 atom stereocenters. The number of hydrogen-bond donors (Lipinski definition) is 2. The first-order valence-electron chi connectivity index (χ1n) is 15.6. The molecule has 0 amide bonds. The van der Waals surface area contributed by atoms with Crippen LogP contribution in [0.4, 0.5) is 11.4 Å². The van der Waals surface area contributed by atoms with Gasteiger partial charge in [0.15, 0.2) is 5.78 Å². The van der Waals surface area contributed by atoms with E-state index in [1.807, 2.05) is 86.6 Å². The topological polar surface area (TPSA) is 109 Å². The predicted molar refractivity (Wildman–Crippen MR) is 192 cm³/mol. The van der Waals surface area contributed by atoms with Crippen LogP contribution in [0.15, 0.2) is 155 Å². The fraction of sp³-hybridized carbons (Fsp3) is 0.0750. The smallest absolute Gasteiger partial charge is 0.261 e. The molecule has 1 aliphatic rings. The number of aryl methyl sites for hydroxylation is 2. The summed E-state index contributed by atoms with van der Waals surface area (Å²) in [6, 6.07) is 42.6. The molecule has 0 radical (unpaired) electrons. The second-order valence-corrected chi connectivity index (χ2v) is 15.5. The van der Waals surface area contributed by atoms with E-state index in [9.17, 15) is 21.6 Å². The quantitative estimate of drug-likeness (QED) is 0.170. The summed E-state index contributed by atoms with van der Waals surface area (Å²) in [6.07, 6.45) is 0. The lowest BCUT2D eigenvalue weighted by Gasteiger charge is -2.41. The Balaban J connectivity index is 1.35. The second kappa shape index (κ2) is 12.2. The highest BCUT2D eigenvalue weighted by atomic mass is 32.2. The molecular weight excluding hydrogens is 653 g/mol. The van der Waals surface area contributed by atoms with Gasteiger partial charge in [0.05, 0.1) is 15.2 Å². The highest BCUT2D eigenvalue weighted by Crippen LogP contribution is 2.51. The van der Waals surface area contributed by atoms with Crippen molar-refractivity contribution in [1.82, 2.24) is 0 Å². The zero-order valence-electron chi connectivity index (χ0n) is 26.7. The molecule has 7 nitrogen and oxygen atoms in total. The molecule has 0 spiro atoms. The van der Waals surface area contributed by atoms with Crippen LogP contribution in [0.1, 0.15) is 49.3 Å². The van der Waals surface area contributed by atoms with Gasteiger partial charge in [0, 0.05) is 22.5 Å². The molecule has 244 valence electrons. The van der Waals surface area contributed by atoms with E-state index in [1.165, 1.54) is 0 Å². The summed E-state index contributed by atoms with van der Waals surface area (Å²) in [6.45, 7) is 3.79. The molecule has 0 bridgehead atoms. The van der Waals surface area contributed by atoms with Gasteiger partial charge < -0.3 is 0 Å². The first-order valence-corrected chi connectivity index (χ1v) is 18.6. The van der Waals surface area contributed by atoms with Crippen molar-refractivity contribution in [3.05, 3.63) is 190 Å². The Morgan fingerprint density at radius 2 is 0.796 bits per heavy atom. The lowest BCUT2D eigenvalue weighted by Crippen LogP contribution is -2.38. The maximum Gasteiger partial charge on any atom is 0.261 e. The molecule has 0 fully saturated rings. The zero-order chi connectivity index (χ0) is 34.4. The number of nitrogens with one attached hydrogen (secondary N) is 2. The van der Waals surface area contributed by atoms with Crippen molar-refractivity contribution in [2.75, 3.05) is 9.44 Å². The molecule has 6 aromatic carbocycles. The minimum Gasteiger partial charge on any atom is -0.289 e. The molecule has 6 aromatic rings. The van der Waals surface area contributed by atoms with Crippen molar-refractivity contribution in [1.29, 1.82) is 0 Å². The number of fused-ring (bicyclic) bond motifs is 2. The number of rotatable bonds is 8. The highest BCUT2D eigenvalue weighted by molar-refractivity contribution is 7.93. The van der Waals surface area contributed by atoms with Crippen molar-refractivity contribution >= 4 is 37.2 Å². The second-order valence-electron chi connectivity index (χ2n) is 12.2. The summed E-state index contributed by atoms with van der Waals surface area (Å²) < 4.78 is 58.1. The van der Waals surface area contributed by atoms with Crippen molar-refractivity contribution in [3.8, 4) is 0 Å². The number of ketones is 1. The monoisotopic (exact) mass is 684 g/mol. The SMILES string of the molecule is Cc1ccc(S(=O)(=O)Nc2ccc(C3(c4ccc(NS(=O)(=O)c5ccc(C)cc5)cc4)c4ccccc4C(=O)c4ccccc43)cc2)cc1. The Hall–Kier alpha value is -5.51. The Morgan fingerprint density at radius 3 is 1.16 bits per heavy atom. The molecule has 0 aliphatic heterocycles. The third-order valence-corrected chi connectivity index (χ3v) is 11.7. The standard InChI is InChI=1S/C40H32N2O5S2/c1-27-11-23-33(24-12-27)48(44,45)41-31-19-15-29(16-20-31)40(37-9-5-3-7-35(37)39(43)36-8-4-6-10-38(36)40)30-17-21-32(22-18-30)42-49(46,47)34-25-13-28(2)14-26-34/h3-26,41-42H,1-2H3. The molecule has 2 N–H and O–H groups in total. The van der Waals surface area contributed by atoms with Gasteiger partial charge in [-0.25, -0.2) is 16.8 Å². The molecule has 0 heterocycles. The van der Waals surface area contributed by atoms with Crippen LogP contribution in [0.2, 0.25) is 0 Å². The number of hydrogen-bond acceptors (Lipinski definition) is 5. The van der Waals surface area contributed by atoms with Crippen LogP contribution in [-0.4, -0.2) is 22.6 Å². The Bertz CT molecular complexity index is 2250. The molecule has 49 heavy (non-hydrogen) atoms. The van der Waals surface area contributed by atoms with E-state index in [-0.39, 0.29) is 15.6 Å². The highest BCUT2D eigenvalue weighted by Gasteiger charge is 2.46. The fourth-order valence-electron chi connectivity index (χ4n) is 6.53. The summed E-state index contributed by atoms with van der Waals surface area (Å²) in [5, 5.41) is 0. The lowest BCUT2D eigenvalue weighted by molar-refractivity contribution is 0.103. The van der Waals surface area contributed by atoms with E-state index in [0.29, 0.717) is 22.5 Å². The Kier molecular flexibility index (Phi) is 7.97. The van der Waals surface area contributed by atoms with E-state index >= 15 is 0 Å². The maximum absolute atomic E-state index is 13.8. The first kappa shape index (κ1) is 32.1. The minimum atomic E-state index is -3.83. The van der Waals surface area contributed by atoms with E-state index in [1.54, 1.807) is 72.8 Å². The fourth-order valence-corrected chi connectivity index (χ4v) is 8.65. The van der Waals surface area contributed by atoms with Gasteiger partial charge >= 0.3 is 0 Å². The lowest BCUT2D eigenvalue weighted by atomic mass is 9.59. The summed E-state index contributed by atoms with van der Waals surface area (Å²) in [5.41, 5.74) is 5.90. The van der Waals surface area contributed by atoms with Gasteiger partial charge in [-0.2, -0.15) is 0 Å². The summed E-state index contributed by atoms with van der Waals surface area (Å²) >= 11 is 0. The minimum absolute atomic E-state index is 0.0909. The van der Waals surface area contributed by atoms with Gasteiger partial charge in [-0.05, 0) is 84.6 Å². The zero-order valence-corrected chi connectivity index (χ0v) is 28.3. The van der Waals surface area contributed by atoms with Gasteiger partial charge in [-0.15, -0.1) is 0 Å². The number of anilines is 2. The van der Waals surface area contributed by atoms with Gasteiger partial charge in [-0.3, -0.25) is 14.2 Å². The van der Waals surface area contributed by atoms with Crippen LogP contribution in [0.5, 0.6) is 0 Å². The van der Waals surface area contributed by atoms with Gasteiger partial charge in [0.2, 0.25) is 0 Å². The summed E-state index contributed by atoms with van der Waals surface area (Å²) in [5.74, 6) is -0.0909. The molecule has 7 rings (SSSR count). The summed E-state index contributed by atoms with van der Waals surface area (Å²) in [7, 11) is -7.67. The van der Waals surface area contributed by atoms with Gasteiger partial charge in [-0.1, -0.05) is 108 Å². The number of sulfonamides is 2. The molecular formula is C40H32N2O5S2. The van der Waals surface area contributed by atoms with Crippen LogP contribution < -0.4 is 9.44 Å². The van der Waals surface area contributed by atoms with E-state index in [4.69, 9.17) is 0 Å². The van der Waals surface area contributed by atoms with Gasteiger partial charge in [0.25, 0.3) is 20.0 Å². The number of carbonyl (C=O) groups excluding carboxylic acids is 1. The average molecular weight is 685 g/mol. The molecule has 0 saturated carbocycles. The normalized spacial score (nSPS) is 13.6. The average Bonchev–Trinajstić information content (AvgIpc) is 3.10. The van der Waals surface area contributed by atoms with Crippen molar-refractivity contribution in [3.63, 3.8) is 0 Å². The summed E-state index contributed by atoms with van der Waals surface area (Å²) in [4.78, 5) is 14.2. The molecule has 1 aliphatic carbocycles. The van der Waals surface area contributed by atoms with Crippen LogP contribution in [0, 0.1) is 13.8 Å². The predicted octanol–water partition coefficient (Wildman–Crippen LogP) is 7.83. The van der Waals surface area contributed by atoms with Crippen LogP contribution in [0.25, 0.3) is 0 Å². The number of benzene rings is 6. The van der Waals surface area contributed by atoms with E-state index in [0.717, 1.165) is 33.4 Å². The van der Waals surface area contributed by atoms with Crippen LogP contribution >= 0.6 is 0 Å². The van der Waals surface area contributed by atoms with E-state index in [2.05, 4.69) is 9.44 Å². The molecule has 9 heteroatoms. The third-order valence-electron chi connectivity index (χ3n) is 8.95. The number of carbonyl (C=O) groups is 1. The first-order chi connectivity index (χ1) is 23.5. The van der Waals surface area contributed by atoms with Crippen molar-refractivity contribution in [2.45, 2.75) is 29.1 Å². The van der Waals surface area contributed by atoms with Crippen molar-refractivity contribution < 1.29 is 21.6 Å². The van der Waals surface area contributed by atoms with Crippen molar-refractivity contribution in [2.24, 2.45) is 0 Å². The molecule has 0 aromatic heterocycles. The Labute approximate surface area is 286 Å². The van der Waals surface area contributed by atoms with Crippen LogP contribution in [-0.2, 0) is 25.5 Å². The molecule has 0 saturated heterocycles. The van der Waals surface area contributed by atoms with E-state index < -0.39 is 25.5 Å². The maximum atomic E-state index is 13.8. The van der Waals surface area contributed by atoms with Crippen LogP contribution in [0.3, 0.4) is 0 Å².